The number of halogens is 1. The highest BCUT2D eigenvalue weighted by Crippen LogP contribution is 2.46. The number of nitrogens with zero attached hydrogens (tertiary/aromatic N) is 4. The zero-order chi connectivity index (χ0) is 21.7. The highest BCUT2D eigenvalue weighted by molar-refractivity contribution is 7.88. The largest absolute Gasteiger partial charge is 0.367 e. The van der Waals surface area contributed by atoms with Crippen molar-refractivity contribution in [1.29, 1.82) is 0 Å². The van der Waals surface area contributed by atoms with E-state index in [9.17, 15) is 13.2 Å². The van der Waals surface area contributed by atoms with Gasteiger partial charge < -0.3 is 9.88 Å². The van der Waals surface area contributed by atoms with Gasteiger partial charge in [0.1, 0.15) is 11.3 Å². The fourth-order valence-corrected chi connectivity index (χ4v) is 5.85. The molecular formula is C20H28ClN5O3S. The lowest BCUT2D eigenvalue weighted by Gasteiger charge is -2.31. The fourth-order valence-electron chi connectivity index (χ4n) is 4.80. The van der Waals surface area contributed by atoms with Crippen molar-refractivity contribution in [3.8, 4) is 0 Å². The second kappa shape index (κ2) is 7.76. The molecule has 1 saturated carbocycles. The van der Waals surface area contributed by atoms with E-state index in [2.05, 4.69) is 29.1 Å². The Bertz CT molecular complexity index is 1120. The summed E-state index contributed by atoms with van der Waals surface area (Å²) >= 11 is 6.17. The van der Waals surface area contributed by atoms with Crippen molar-refractivity contribution < 1.29 is 8.42 Å². The van der Waals surface area contributed by atoms with Crippen LogP contribution in [0.3, 0.4) is 0 Å². The van der Waals surface area contributed by atoms with E-state index in [1.54, 1.807) is 10.8 Å². The molecule has 0 radical (unpaired) electrons. The van der Waals surface area contributed by atoms with Crippen molar-refractivity contribution in [1.82, 2.24) is 18.8 Å². The van der Waals surface area contributed by atoms with Crippen molar-refractivity contribution in [2.45, 2.75) is 58.0 Å². The molecule has 1 N–H and O–H groups in total. The summed E-state index contributed by atoms with van der Waals surface area (Å²) in [6.45, 7) is 5.35. The monoisotopic (exact) mass is 453 g/mol. The van der Waals surface area contributed by atoms with Crippen LogP contribution in [0.2, 0.25) is 5.15 Å². The normalized spacial score (nSPS) is 23.1. The highest BCUT2D eigenvalue weighted by atomic mass is 35.5. The second-order valence-electron chi connectivity index (χ2n) is 9.11. The average molecular weight is 454 g/mol. The SMILES string of the molecule is CC1(C)CCC[C@H]1n1c(=O)c(Cl)nc2cnc(NC3CCN(S(C)(=O)=O)CC3)cc21. The first-order valence-corrected chi connectivity index (χ1v) is 12.6. The number of hydrogen-bond acceptors (Lipinski definition) is 6. The number of piperidine rings is 1. The smallest absolute Gasteiger partial charge is 0.289 e. The molecule has 0 spiro atoms. The summed E-state index contributed by atoms with van der Waals surface area (Å²) in [7, 11) is -3.15. The summed E-state index contributed by atoms with van der Waals surface area (Å²) < 4.78 is 26.7. The van der Waals surface area contributed by atoms with Crippen LogP contribution in [-0.2, 0) is 10.0 Å². The molecule has 8 nitrogen and oxygen atoms in total. The lowest BCUT2D eigenvalue weighted by atomic mass is 9.87. The predicted molar refractivity (Wildman–Crippen MR) is 119 cm³/mol. The van der Waals surface area contributed by atoms with Crippen LogP contribution in [0.1, 0.15) is 52.0 Å². The molecule has 2 aromatic heterocycles. The topological polar surface area (TPSA) is 97.2 Å². The molecule has 164 valence electrons. The van der Waals surface area contributed by atoms with E-state index >= 15 is 0 Å². The summed E-state index contributed by atoms with van der Waals surface area (Å²) in [4.78, 5) is 21.7. The van der Waals surface area contributed by atoms with Gasteiger partial charge in [-0.1, -0.05) is 31.9 Å². The van der Waals surface area contributed by atoms with E-state index in [-0.39, 0.29) is 28.2 Å². The van der Waals surface area contributed by atoms with Gasteiger partial charge >= 0.3 is 0 Å². The second-order valence-corrected chi connectivity index (χ2v) is 11.5. The number of aromatic nitrogens is 3. The Kier molecular flexibility index (Phi) is 5.57. The van der Waals surface area contributed by atoms with Gasteiger partial charge in [-0.3, -0.25) is 4.79 Å². The fraction of sp³-hybridized carbons (Fsp3) is 0.650. The number of hydrogen-bond donors (Lipinski definition) is 1. The molecule has 0 unspecified atom stereocenters. The van der Waals surface area contributed by atoms with E-state index in [4.69, 9.17) is 11.6 Å². The third kappa shape index (κ3) is 4.07. The molecule has 4 rings (SSSR count). The molecule has 0 bridgehead atoms. The van der Waals surface area contributed by atoms with E-state index in [0.29, 0.717) is 37.3 Å². The maximum absolute atomic E-state index is 13.0. The molecular weight excluding hydrogens is 426 g/mol. The van der Waals surface area contributed by atoms with Crippen LogP contribution >= 0.6 is 11.6 Å². The Hall–Kier alpha value is -1.71. The summed E-state index contributed by atoms with van der Waals surface area (Å²) in [6.07, 6.45) is 7.35. The third-order valence-corrected chi connectivity index (χ3v) is 8.07. The van der Waals surface area contributed by atoms with Gasteiger partial charge in [0, 0.05) is 31.2 Å². The molecule has 1 aliphatic heterocycles. The number of sulfonamides is 1. The van der Waals surface area contributed by atoms with Crippen LogP contribution in [0, 0.1) is 5.41 Å². The standard InChI is InChI=1S/C20H28ClN5O3S/c1-20(2)8-4-5-16(20)26-15-11-17(22-12-14(15)24-18(21)19(26)27)23-13-6-9-25(10-7-13)30(3,28)29/h11-13,16H,4-10H2,1-3H3,(H,22,23)/t16-/m1/s1. The molecule has 3 heterocycles. The number of pyridine rings is 1. The zero-order valence-corrected chi connectivity index (χ0v) is 19.1. The van der Waals surface area contributed by atoms with Crippen molar-refractivity contribution in [3.05, 3.63) is 27.8 Å². The average Bonchev–Trinajstić information content (AvgIpc) is 3.02. The Morgan fingerprint density at radius 2 is 1.93 bits per heavy atom. The summed E-state index contributed by atoms with van der Waals surface area (Å²) in [6, 6.07) is 2.05. The van der Waals surface area contributed by atoms with Gasteiger partial charge in [0.2, 0.25) is 10.0 Å². The van der Waals surface area contributed by atoms with Gasteiger partial charge in [-0.05, 0) is 31.1 Å². The van der Waals surface area contributed by atoms with Crippen molar-refractivity contribution >= 4 is 38.5 Å². The summed E-state index contributed by atoms with van der Waals surface area (Å²) in [5.74, 6) is 0.661. The first-order valence-electron chi connectivity index (χ1n) is 10.4. The Balaban J connectivity index is 1.65. The molecule has 0 amide bonds. The van der Waals surface area contributed by atoms with Crippen LogP contribution in [-0.4, -0.2) is 52.6 Å². The lowest BCUT2D eigenvalue weighted by Crippen LogP contribution is -2.41. The number of fused-ring (bicyclic) bond motifs is 1. The van der Waals surface area contributed by atoms with Gasteiger partial charge in [-0.15, -0.1) is 0 Å². The van der Waals surface area contributed by atoms with E-state index < -0.39 is 10.0 Å². The predicted octanol–water partition coefficient (Wildman–Crippen LogP) is 3.03. The maximum Gasteiger partial charge on any atom is 0.289 e. The molecule has 2 aromatic rings. The molecule has 30 heavy (non-hydrogen) atoms. The van der Waals surface area contributed by atoms with Crippen molar-refractivity contribution in [3.63, 3.8) is 0 Å². The van der Waals surface area contributed by atoms with Crippen LogP contribution in [0.5, 0.6) is 0 Å². The third-order valence-electron chi connectivity index (χ3n) is 6.52. The van der Waals surface area contributed by atoms with Gasteiger partial charge in [0.05, 0.1) is 18.0 Å². The van der Waals surface area contributed by atoms with Crippen LogP contribution in [0.4, 0.5) is 5.82 Å². The first kappa shape index (κ1) is 21.5. The number of rotatable bonds is 4. The molecule has 1 saturated heterocycles. The molecule has 0 aromatic carbocycles. The van der Waals surface area contributed by atoms with Gasteiger partial charge in [-0.2, -0.15) is 0 Å². The quantitative estimate of drug-likeness (QED) is 0.764. The van der Waals surface area contributed by atoms with E-state index in [1.807, 2.05) is 6.07 Å². The van der Waals surface area contributed by atoms with E-state index in [0.717, 1.165) is 24.8 Å². The zero-order valence-electron chi connectivity index (χ0n) is 17.6. The first-order chi connectivity index (χ1) is 14.1. The Labute approximate surface area is 181 Å². The molecule has 1 aliphatic carbocycles. The lowest BCUT2D eigenvalue weighted by molar-refractivity contribution is 0.261. The molecule has 2 aliphatic rings. The Morgan fingerprint density at radius 1 is 1.23 bits per heavy atom. The number of nitrogens with one attached hydrogen (secondary N) is 1. The summed E-state index contributed by atoms with van der Waals surface area (Å²) in [5, 5.41) is 3.38. The van der Waals surface area contributed by atoms with Gasteiger partial charge in [-0.25, -0.2) is 22.7 Å². The minimum absolute atomic E-state index is 0.00320. The molecule has 2 fully saturated rings. The van der Waals surface area contributed by atoms with Crippen LogP contribution in [0.25, 0.3) is 11.0 Å². The van der Waals surface area contributed by atoms with Crippen LogP contribution < -0.4 is 10.9 Å². The highest BCUT2D eigenvalue weighted by Gasteiger charge is 2.37. The van der Waals surface area contributed by atoms with Crippen molar-refractivity contribution in [2.75, 3.05) is 24.7 Å². The molecule has 1 atom stereocenters. The molecule has 10 heteroatoms. The van der Waals surface area contributed by atoms with Gasteiger partial charge in [0.15, 0.2) is 5.15 Å². The minimum Gasteiger partial charge on any atom is -0.367 e. The van der Waals surface area contributed by atoms with E-state index in [1.165, 1.54) is 10.6 Å². The number of anilines is 1. The van der Waals surface area contributed by atoms with Crippen molar-refractivity contribution in [2.24, 2.45) is 5.41 Å². The van der Waals surface area contributed by atoms with Gasteiger partial charge in [0.25, 0.3) is 5.56 Å². The minimum atomic E-state index is -3.15. The Morgan fingerprint density at radius 3 is 2.53 bits per heavy atom. The van der Waals surface area contributed by atoms with Crippen LogP contribution in [0.15, 0.2) is 17.1 Å². The maximum atomic E-state index is 13.0. The summed E-state index contributed by atoms with van der Waals surface area (Å²) in [5.41, 5.74) is 1.06.